The number of amides is 1. The summed E-state index contributed by atoms with van der Waals surface area (Å²) in [6, 6.07) is 0.278. The summed E-state index contributed by atoms with van der Waals surface area (Å²) in [5.41, 5.74) is 2.94. The highest BCUT2D eigenvalue weighted by Gasteiger charge is 2.15. The van der Waals surface area contributed by atoms with Gasteiger partial charge in [0.05, 0.1) is 18.4 Å². The van der Waals surface area contributed by atoms with Gasteiger partial charge in [-0.25, -0.2) is 4.98 Å². The van der Waals surface area contributed by atoms with Crippen molar-refractivity contribution in [1.82, 2.24) is 24.5 Å². The molecule has 0 bridgehead atoms. The third kappa shape index (κ3) is 3.12. The first-order valence-electron chi connectivity index (χ1n) is 7.58. The number of hydrogen-bond donors (Lipinski definition) is 1. The lowest BCUT2D eigenvalue weighted by Gasteiger charge is -2.04. The van der Waals surface area contributed by atoms with Gasteiger partial charge in [0.25, 0.3) is 0 Å². The van der Waals surface area contributed by atoms with Gasteiger partial charge in [-0.2, -0.15) is 10.2 Å². The van der Waals surface area contributed by atoms with Crippen molar-refractivity contribution in [1.29, 1.82) is 0 Å². The molecule has 0 atom stereocenters. The first kappa shape index (κ1) is 15.7. The Balaban J connectivity index is 1.71. The van der Waals surface area contributed by atoms with Crippen molar-refractivity contribution in [3.8, 4) is 0 Å². The number of fused-ring (bicyclic) bond motifs is 1. The molecule has 7 nitrogen and oxygen atoms in total. The van der Waals surface area contributed by atoms with Gasteiger partial charge in [0.2, 0.25) is 5.91 Å². The molecule has 8 heteroatoms. The van der Waals surface area contributed by atoms with E-state index in [0.717, 1.165) is 21.6 Å². The fraction of sp³-hybridized carbons (Fsp3) is 0.467. The van der Waals surface area contributed by atoms with Crippen LogP contribution in [0.5, 0.6) is 0 Å². The van der Waals surface area contributed by atoms with Crippen LogP contribution in [0.2, 0.25) is 0 Å². The summed E-state index contributed by atoms with van der Waals surface area (Å²) in [6.07, 6.45) is 3.92. The number of carbonyl (C=O) groups excluding carboxylic acids is 1. The van der Waals surface area contributed by atoms with E-state index >= 15 is 0 Å². The normalized spacial score (nSPS) is 11.5. The molecule has 0 saturated carbocycles. The monoisotopic (exact) mass is 332 g/mol. The molecule has 1 amide bonds. The van der Waals surface area contributed by atoms with Gasteiger partial charge in [-0.15, -0.1) is 11.3 Å². The lowest BCUT2D eigenvalue weighted by molar-refractivity contribution is -0.116. The molecule has 3 aromatic heterocycles. The number of anilines is 1. The Bertz CT molecular complexity index is 844. The lowest BCUT2D eigenvalue weighted by Crippen LogP contribution is -2.14. The minimum absolute atomic E-state index is 0.0584. The molecular formula is C15H20N6OS. The number of aromatic nitrogens is 5. The molecule has 0 unspecified atom stereocenters. The van der Waals surface area contributed by atoms with E-state index in [2.05, 4.69) is 34.3 Å². The molecular weight excluding hydrogens is 312 g/mol. The SMILES string of the molecule is Cc1cnc(NC(=O)CCn2ncc3c2c(C)nn3C(C)C)s1. The zero-order valence-corrected chi connectivity index (χ0v) is 14.5. The van der Waals surface area contributed by atoms with Gasteiger partial charge in [-0.3, -0.25) is 14.2 Å². The van der Waals surface area contributed by atoms with Crippen LogP contribution in [0.1, 0.15) is 36.9 Å². The number of rotatable bonds is 5. The van der Waals surface area contributed by atoms with Crippen LogP contribution < -0.4 is 5.32 Å². The largest absolute Gasteiger partial charge is 0.302 e. The van der Waals surface area contributed by atoms with Gasteiger partial charge >= 0.3 is 0 Å². The summed E-state index contributed by atoms with van der Waals surface area (Å²) in [4.78, 5) is 17.3. The predicted molar refractivity (Wildman–Crippen MR) is 90.7 cm³/mol. The molecule has 0 aliphatic carbocycles. The third-order valence-electron chi connectivity index (χ3n) is 3.57. The number of carbonyl (C=O) groups is 1. The lowest BCUT2D eigenvalue weighted by atomic mass is 10.3. The van der Waals surface area contributed by atoms with E-state index in [1.54, 1.807) is 6.20 Å². The second-order valence-corrected chi connectivity index (χ2v) is 7.03. The van der Waals surface area contributed by atoms with Crippen molar-refractivity contribution in [2.75, 3.05) is 5.32 Å². The predicted octanol–water partition coefficient (Wildman–Crippen LogP) is 2.92. The van der Waals surface area contributed by atoms with E-state index < -0.39 is 0 Å². The molecule has 0 saturated heterocycles. The summed E-state index contributed by atoms with van der Waals surface area (Å²) in [5, 5.41) is 12.4. The topological polar surface area (TPSA) is 77.6 Å². The fourth-order valence-corrected chi connectivity index (χ4v) is 3.22. The molecule has 0 spiro atoms. The highest BCUT2D eigenvalue weighted by Crippen LogP contribution is 2.21. The van der Waals surface area contributed by atoms with Crippen LogP contribution in [0, 0.1) is 13.8 Å². The van der Waals surface area contributed by atoms with Crippen molar-refractivity contribution in [3.63, 3.8) is 0 Å². The summed E-state index contributed by atoms with van der Waals surface area (Å²) < 4.78 is 3.82. The number of nitrogens with zero attached hydrogens (tertiary/aromatic N) is 5. The first-order valence-corrected chi connectivity index (χ1v) is 8.40. The third-order valence-corrected chi connectivity index (χ3v) is 4.40. The minimum Gasteiger partial charge on any atom is -0.302 e. The van der Waals surface area contributed by atoms with Crippen molar-refractivity contribution >= 4 is 33.4 Å². The van der Waals surface area contributed by atoms with Crippen LogP contribution in [0.15, 0.2) is 12.4 Å². The molecule has 0 aliphatic rings. The Hall–Kier alpha value is -2.22. The molecule has 0 aliphatic heterocycles. The number of nitrogens with one attached hydrogen (secondary N) is 1. The highest BCUT2D eigenvalue weighted by atomic mass is 32.1. The second kappa shape index (κ2) is 6.11. The quantitative estimate of drug-likeness (QED) is 0.779. The Kier molecular flexibility index (Phi) is 4.16. The van der Waals surface area contributed by atoms with E-state index in [0.29, 0.717) is 18.1 Å². The Morgan fingerprint density at radius 3 is 2.78 bits per heavy atom. The minimum atomic E-state index is -0.0584. The Morgan fingerprint density at radius 1 is 1.35 bits per heavy atom. The summed E-state index contributed by atoms with van der Waals surface area (Å²) in [6.45, 7) is 8.63. The molecule has 3 heterocycles. The smallest absolute Gasteiger partial charge is 0.228 e. The molecule has 3 rings (SSSR count). The van der Waals surface area contributed by atoms with Crippen molar-refractivity contribution in [2.24, 2.45) is 0 Å². The van der Waals surface area contributed by atoms with Gasteiger partial charge in [-0.1, -0.05) is 0 Å². The molecule has 23 heavy (non-hydrogen) atoms. The first-order chi connectivity index (χ1) is 11.0. The van der Waals surface area contributed by atoms with Gasteiger partial charge in [0.1, 0.15) is 11.0 Å². The van der Waals surface area contributed by atoms with Crippen molar-refractivity contribution < 1.29 is 4.79 Å². The maximum absolute atomic E-state index is 12.0. The van der Waals surface area contributed by atoms with E-state index in [1.807, 2.05) is 29.4 Å². The molecule has 122 valence electrons. The van der Waals surface area contributed by atoms with Crippen molar-refractivity contribution in [3.05, 3.63) is 23.0 Å². The van der Waals surface area contributed by atoms with Gasteiger partial charge in [-0.05, 0) is 27.7 Å². The average Bonchev–Trinajstić information content (AvgIpc) is 3.15. The highest BCUT2D eigenvalue weighted by molar-refractivity contribution is 7.15. The summed E-state index contributed by atoms with van der Waals surface area (Å²) in [7, 11) is 0. The van der Waals surface area contributed by atoms with Crippen LogP contribution in [-0.4, -0.2) is 30.5 Å². The van der Waals surface area contributed by atoms with Crippen LogP contribution >= 0.6 is 11.3 Å². The maximum Gasteiger partial charge on any atom is 0.228 e. The number of aryl methyl sites for hydroxylation is 3. The molecule has 3 aromatic rings. The zero-order valence-electron chi connectivity index (χ0n) is 13.7. The Labute approximate surface area is 138 Å². The van der Waals surface area contributed by atoms with Gasteiger partial charge in [0, 0.05) is 23.5 Å². The van der Waals surface area contributed by atoms with Crippen LogP contribution in [0.25, 0.3) is 11.0 Å². The van der Waals surface area contributed by atoms with Gasteiger partial charge in [0.15, 0.2) is 5.13 Å². The average molecular weight is 332 g/mol. The number of hydrogen-bond acceptors (Lipinski definition) is 5. The summed E-state index contributed by atoms with van der Waals surface area (Å²) >= 11 is 1.47. The van der Waals surface area contributed by atoms with E-state index in [4.69, 9.17) is 0 Å². The standard InChI is InChI=1S/C15H20N6OS/c1-9(2)21-12-8-17-20(14(12)11(4)19-21)6-5-13(22)18-15-16-7-10(3)23-15/h7-9H,5-6H2,1-4H3,(H,16,18,22). The van der Waals surface area contributed by atoms with Crippen LogP contribution in [0.3, 0.4) is 0 Å². The molecule has 0 aromatic carbocycles. The van der Waals surface area contributed by atoms with E-state index in [9.17, 15) is 4.79 Å². The molecule has 1 N–H and O–H groups in total. The molecule has 0 fully saturated rings. The van der Waals surface area contributed by atoms with Gasteiger partial charge < -0.3 is 5.32 Å². The second-order valence-electron chi connectivity index (χ2n) is 5.80. The zero-order chi connectivity index (χ0) is 16.6. The molecule has 0 radical (unpaired) electrons. The maximum atomic E-state index is 12.0. The fourth-order valence-electron chi connectivity index (χ4n) is 2.54. The van der Waals surface area contributed by atoms with E-state index in [-0.39, 0.29) is 11.9 Å². The van der Waals surface area contributed by atoms with Crippen LogP contribution in [0.4, 0.5) is 5.13 Å². The number of thiazole rings is 1. The van der Waals surface area contributed by atoms with E-state index in [1.165, 1.54) is 11.3 Å². The van der Waals surface area contributed by atoms with Crippen LogP contribution in [-0.2, 0) is 11.3 Å². The van der Waals surface area contributed by atoms with Crippen molar-refractivity contribution in [2.45, 2.75) is 46.7 Å². The summed E-state index contributed by atoms with van der Waals surface area (Å²) in [5.74, 6) is -0.0584. The Morgan fingerprint density at radius 2 is 2.13 bits per heavy atom.